The second kappa shape index (κ2) is 8.07. The molecular weight excluding hydrogens is 338 g/mol. The van der Waals surface area contributed by atoms with Crippen molar-refractivity contribution >= 4 is 34.0 Å². The van der Waals surface area contributed by atoms with Gasteiger partial charge in [-0.25, -0.2) is 4.98 Å². The Kier molecular flexibility index (Phi) is 5.38. The van der Waals surface area contributed by atoms with Gasteiger partial charge in [0.05, 0.1) is 0 Å². The zero-order valence-electron chi connectivity index (χ0n) is 13.1. The number of rotatable bonds is 6. The van der Waals surface area contributed by atoms with Gasteiger partial charge in [0.1, 0.15) is 5.75 Å². The maximum absolute atomic E-state index is 12.1. The van der Waals surface area contributed by atoms with Gasteiger partial charge in [-0.2, -0.15) is 0 Å². The summed E-state index contributed by atoms with van der Waals surface area (Å²) in [5.41, 5.74) is 1.07. The van der Waals surface area contributed by atoms with E-state index in [-0.39, 0.29) is 18.4 Å². The topological polar surface area (TPSA) is 80.3 Å². The molecular formula is C18H15N3O3S. The maximum Gasteiger partial charge on any atom is 0.262 e. The highest BCUT2D eigenvalue weighted by atomic mass is 32.1. The first-order valence-corrected chi connectivity index (χ1v) is 8.37. The summed E-state index contributed by atoms with van der Waals surface area (Å²) >= 11 is 1.35. The third-order valence-corrected chi connectivity index (χ3v) is 3.89. The molecule has 0 saturated heterocycles. The molecule has 0 aliphatic rings. The highest BCUT2D eigenvalue weighted by Crippen LogP contribution is 2.14. The normalized spacial score (nSPS) is 10.1. The van der Waals surface area contributed by atoms with Crippen LogP contribution in [0.4, 0.5) is 10.8 Å². The SMILES string of the molecule is O=C(COc1ccccc1)Nc1ccc(C(=O)Nc2nccs2)cc1. The van der Waals surface area contributed by atoms with Gasteiger partial charge in [0, 0.05) is 22.8 Å². The Balaban J connectivity index is 1.51. The van der Waals surface area contributed by atoms with E-state index in [4.69, 9.17) is 4.74 Å². The summed E-state index contributed by atoms with van der Waals surface area (Å²) < 4.78 is 5.38. The summed E-state index contributed by atoms with van der Waals surface area (Å²) in [6.45, 7) is -0.0870. The van der Waals surface area contributed by atoms with Crippen molar-refractivity contribution in [3.8, 4) is 5.75 Å². The van der Waals surface area contributed by atoms with Gasteiger partial charge in [-0.05, 0) is 36.4 Å². The monoisotopic (exact) mass is 353 g/mol. The molecule has 0 spiro atoms. The lowest BCUT2D eigenvalue weighted by Gasteiger charge is -2.08. The first kappa shape index (κ1) is 16.7. The fourth-order valence-corrected chi connectivity index (χ4v) is 2.55. The molecule has 25 heavy (non-hydrogen) atoms. The lowest BCUT2D eigenvalue weighted by molar-refractivity contribution is -0.118. The first-order valence-electron chi connectivity index (χ1n) is 7.49. The average Bonchev–Trinajstić information content (AvgIpc) is 3.14. The van der Waals surface area contributed by atoms with Crippen LogP contribution in [0.15, 0.2) is 66.2 Å². The fraction of sp³-hybridized carbons (Fsp3) is 0.0556. The molecule has 6 nitrogen and oxygen atoms in total. The molecule has 0 atom stereocenters. The Labute approximate surface area is 148 Å². The number of thiazole rings is 1. The van der Waals surface area contributed by atoms with Crippen molar-refractivity contribution in [3.63, 3.8) is 0 Å². The standard InChI is InChI=1S/C18H15N3O3S/c22-16(12-24-15-4-2-1-3-5-15)20-14-8-6-13(7-9-14)17(23)21-18-19-10-11-25-18/h1-11H,12H2,(H,20,22)(H,19,21,23). The molecule has 3 rings (SSSR count). The molecule has 0 saturated carbocycles. The second-order valence-electron chi connectivity index (χ2n) is 5.02. The molecule has 1 heterocycles. The molecule has 0 fully saturated rings. The van der Waals surface area contributed by atoms with Crippen LogP contribution in [0.3, 0.4) is 0 Å². The number of nitrogens with zero attached hydrogens (tertiary/aromatic N) is 1. The van der Waals surface area contributed by atoms with Crippen LogP contribution in [0.1, 0.15) is 10.4 Å². The van der Waals surface area contributed by atoms with Crippen molar-refractivity contribution in [1.82, 2.24) is 4.98 Å². The van der Waals surface area contributed by atoms with Crippen molar-refractivity contribution < 1.29 is 14.3 Å². The number of hydrogen-bond acceptors (Lipinski definition) is 5. The number of anilines is 2. The van der Waals surface area contributed by atoms with E-state index >= 15 is 0 Å². The van der Waals surface area contributed by atoms with E-state index in [0.29, 0.717) is 22.1 Å². The number of aromatic nitrogens is 1. The van der Waals surface area contributed by atoms with Gasteiger partial charge in [-0.3, -0.25) is 14.9 Å². The first-order chi connectivity index (χ1) is 12.2. The maximum atomic E-state index is 12.1. The molecule has 0 radical (unpaired) electrons. The molecule has 0 aliphatic heterocycles. The van der Waals surface area contributed by atoms with E-state index in [9.17, 15) is 9.59 Å². The Hall–Kier alpha value is -3.19. The van der Waals surface area contributed by atoms with E-state index in [1.54, 1.807) is 48.0 Å². The van der Waals surface area contributed by atoms with Crippen LogP contribution in [0.2, 0.25) is 0 Å². The smallest absolute Gasteiger partial charge is 0.262 e. The van der Waals surface area contributed by atoms with Crippen molar-refractivity contribution in [2.45, 2.75) is 0 Å². The summed E-state index contributed by atoms with van der Waals surface area (Å²) in [6, 6.07) is 15.7. The predicted octanol–water partition coefficient (Wildman–Crippen LogP) is 3.41. The van der Waals surface area contributed by atoms with Crippen molar-refractivity contribution in [1.29, 1.82) is 0 Å². The number of hydrogen-bond donors (Lipinski definition) is 2. The molecule has 0 unspecified atom stereocenters. The van der Waals surface area contributed by atoms with Gasteiger partial charge >= 0.3 is 0 Å². The van der Waals surface area contributed by atoms with E-state index in [2.05, 4.69) is 15.6 Å². The molecule has 2 amide bonds. The van der Waals surface area contributed by atoms with Crippen molar-refractivity contribution in [2.24, 2.45) is 0 Å². The number of benzene rings is 2. The number of amides is 2. The fourth-order valence-electron chi connectivity index (χ4n) is 2.02. The second-order valence-corrected chi connectivity index (χ2v) is 5.91. The van der Waals surface area contributed by atoms with Gasteiger partial charge in [0.2, 0.25) is 0 Å². The Bertz CT molecular complexity index is 834. The Morgan fingerprint density at radius 3 is 2.44 bits per heavy atom. The highest BCUT2D eigenvalue weighted by Gasteiger charge is 2.08. The minimum absolute atomic E-state index is 0.0870. The molecule has 2 N–H and O–H groups in total. The van der Waals surface area contributed by atoms with Gasteiger partial charge in [-0.1, -0.05) is 18.2 Å². The highest BCUT2D eigenvalue weighted by molar-refractivity contribution is 7.13. The lowest BCUT2D eigenvalue weighted by atomic mass is 10.2. The van der Waals surface area contributed by atoms with Crippen LogP contribution in [-0.2, 0) is 4.79 Å². The van der Waals surface area contributed by atoms with Gasteiger partial charge in [-0.15, -0.1) is 11.3 Å². The van der Waals surface area contributed by atoms with Crippen LogP contribution in [0.25, 0.3) is 0 Å². The number of nitrogens with one attached hydrogen (secondary N) is 2. The van der Waals surface area contributed by atoms with E-state index in [0.717, 1.165) is 0 Å². The van der Waals surface area contributed by atoms with E-state index in [1.807, 2.05) is 18.2 Å². The number of para-hydroxylation sites is 1. The van der Waals surface area contributed by atoms with Gasteiger partial charge in [0.15, 0.2) is 11.7 Å². The summed E-state index contributed by atoms with van der Waals surface area (Å²) in [5, 5.41) is 7.74. The third kappa shape index (κ3) is 4.89. The summed E-state index contributed by atoms with van der Waals surface area (Å²) in [5.74, 6) is 0.107. The number of ether oxygens (including phenoxy) is 1. The van der Waals surface area contributed by atoms with Crippen LogP contribution in [0, 0.1) is 0 Å². The van der Waals surface area contributed by atoms with E-state index in [1.165, 1.54) is 11.3 Å². The van der Waals surface area contributed by atoms with Crippen LogP contribution in [-0.4, -0.2) is 23.4 Å². The predicted molar refractivity (Wildman–Crippen MR) is 97.1 cm³/mol. The molecule has 2 aromatic carbocycles. The van der Waals surface area contributed by atoms with Crippen LogP contribution in [0.5, 0.6) is 5.75 Å². The molecule has 3 aromatic rings. The molecule has 126 valence electrons. The third-order valence-electron chi connectivity index (χ3n) is 3.20. The van der Waals surface area contributed by atoms with Gasteiger partial charge < -0.3 is 10.1 Å². The van der Waals surface area contributed by atoms with Crippen molar-refractivity contribution in [2.75, 3.05) is 17.2 Å². The zero-order chi connectivity index (χ0) is 17.5. The lowest BCUT2D eigenvalue weighted by Crippen LogP contribution is -2.20. The molecule has 0 aliphatic carbocycles. The Morgan fingerprint density at radius 1 is 1.00 bits per heavy atom. The van der Waals surface area contributed by atoms with Gasteiger partial charge in [0.25, 0.3) is 11.8 Å². The number of carbonyl (C=O) groups is 2. The Morgan fingerprint density at radius 2 is 1.76 bits per heavy atom. The zero-order valence-corrected chi connectivity index (χ0v) is 14.0. The molecule has 0 bridgehead atoms. The van der Waals surface area contributed by atoms with Crippen molar-refractivity contribution in [3.05, 3.63) is 71.7 Å². The summed E-state index contributed by atoms with van der Waals surface area (Å²) in [4.78, 5) is 27.9. The minimum atomic E-state index is -0.274. The summed E-state index contributed by atoms with van der Waals surface area (Å²) in [7, 11) is 0. The molecule has 7 heteroatoms. The van der Waals surface area contributed by atoms with Crippen LogP contribution >= 0.6 is 11.3 Å². The average molecular weight is 353 g/mol. The van der Waals surface area contributed by atoms with E-state index < -0.39 is 0 Å². The quantitative estimate of drug-likeness (QED) is 0.712. The molecule has 1 aromatic heterocycles. The minimum Gasteiger partial charge on any atom is -0.484 e. The summed E-state index contributed by atoms with van der Waals surface area (Å²) in [6.07, 6.45) is 1.62. The number of carbonyl (C=O) groups excluding carboxylic acids is 2. The largest absolute Gasteiger partial charge is 0.484 e. The van der Waals surface area contributed by atoms with Crippen LogP contribution < -0.4 is 15.4 Å².